The van der Waals surface area contributed by atoms with Crippen molar-refractivity contribution >= 4 is 34.8 Å². The minimum absolute atomic E-state index is 0.450. The lowest BCUT2D eigenvalue weighted by Gasteiger charge is -2.06. The predicted molar refractivity (Wildman–Crippen MR) is 39.8 cm³/mol. The van der Waals surface area contributed by atoms with Gasteiger partial charge < -0.3 is 0 Å². The van der Waals surface area contributed by atoms with Crippen LogP contribution in [0.3, 0.4) is 0 Å². The van der Waals surface area contributed by atoms with Gasteiger partial charge >= 0.3 is 0 Å². The van der Waals surface area contributed by atoms with E-state index in [4.69, 9.17) is 40.1 Å². The fraction of sp³-hybridized carbons (Fsp3) is 0.800. The number of hydrogen-bond acceptors (Lipinski definition) is 1. The van der Waals surface area contributed by atoms with Crippen LogP contribution in [0.25, 0.3) is 0 Å². The zero-order valence-electron chi connectivity index (χ0n) is 4.70. The Morgan fingerprint density at radius 1 is 1.33 bits per heavy atom. The summed E-state index contributed by atoms with van der Waals surface area (Å²) in [5, 5.41) is 8.08. The van der Waals surface area contributed by atoms with Gasteiger partial charge in [-0.2, -0.15) is 5.26 Å². The van der Waals surface area contributed by atoms with Crippen LogP contribution in [0.15, 0.2) is 0 Å². The van der Waals surface area contributed by atoms with Gasteiger partial charge in [0.25, 0.3) is 0 Å². The molecule has 0 N–H and O–H groups in total. The number of unbranched alkanes of at least 4 members (excludes halogenated alkanes) is 1. The first kappa shape index (κ1) is 9.36. The maximum absolute atomic E-state index is 8.08. The van der Waals surface area contributed by atoms with E-state index in [0.29, 0.717) is 19.3 Å². The van der Waals surface area contributed by atoms with Gasteiger partial charge in [0, 0.05) is 6.42 Å². The molecule has 0 spiro atoms. The van der Waals surface area contributed by atoms with Gasteiger partial charge in [-0.05, 0) is 12.8 Å². The monoisotopic (exact) mass is 185 g/mol. The molecule has 0 aliphatic rings. The number of hydrogen-bond donors (Lipinski definition) is 0. The normalized spacial score (nSPS) is 10.9. The van der Waals surface area contributed by atoms with Crippen LogP contribution in [0, 0.1) is 11.3 Å². The maximum Gasteiger partial charge on any atom is 0.190 e. The van der Waals surface area contributed by atoms with Crippen LogP contribution < -0.4 is 0 Å². The molecule has 0 unspecified atom stereocenters. The zero-order chi connectivity index (χ0) is 7.33. The van der Waals surface area contributed by atoms with Crippen LogP contribution >= 0.6 is 34.8 Å². The third-order valence-electron chi connectivity index (χ3n) is 0.749. The molecule has 0 fully saturated rings. The van der Waals surface area contributed by atoms with Crippen molar-refractivity contribution in [1.82, 2.24) is 0 Å². The van der Waals surface area contributed by atoms with E-state index in [9.17, 15) is 0 Å². The molecule has 0 amide bonds. The number of rotatable bonds is 2. The molecule has 4 heteroatoms. The van der Waals surface area contributed by atoms with E-state index in [1.807, 2.05) is 6.07 Å². The average molecular weight is 186 g/mol. The summed E-state index contributed by atoms with van der Waals surface area (Å²) in [5.41, 5.74) is 0. The lowest BCUT2D eigenvalue weighted by atomic mass is 10.3. The van der Waals surface area contributed by atoms with Crippen LogP contribution in [0.5, 0.6) is 0 Å². The van der Waals surface area contributed by atoms with Gasteiger partial charge in [-0.25, -0.2) is 0 Å². The van der Waals surface area contributed by atoms with Gasteiger partial charge in [0.15, 0.2) is 3.79 Å². The Kier molecular flexibility index (Phi) is 4.39. The van der Waals surface area contributed by atoms with Crippen molar-refractivity contribution in [1.29, 1.82) is 5.26 Å². The SMILES string of the molecule is N#CCCCC(Cl)(Cl)Cl. The quantitative estimate of drug-likeness (QED) is 0.480. The predicted octanol–water partition coefficient (Wildman–Crippen LogP) is 3.05. The molecule has 0 aromatic carbocycles. The minimum Gasteiger partial charge on any atom is -0.198 e. The molecule has 0 heterocycles. The fourth-order valence-corrected chi connectivity index (χ4v) is 0.769. The van der Waals surface area contributed by atoms with E-state index in [0.717, 1.165) is 0 Å². The van der Waals surface area contributed by atoms with E-state index < -0.39 is 3.79 Å². The summed E-state index contributed by atoms with van der Waals surface area (Å²) in [6.45, 7) is 0. The van der Waals surface area contributed by atoms with Gasteiger partial charge in [-0.15, -0.1) is 0 Å². The molecule has 0 aromatic heterocycles. The molecule has 9 heavy (non-hydrogen) atoms. The fourth-order valence-electron chi connectivity index (χ4n) is 0.368. The van der Waals surface area contributed by atoms with Crippen LogP contribution in [0.4, 0.5) is 0 Å². The summed E-state index contributed by atoms with van der Waals surface area (Å²) in [4.78, 5) is 0. The molecule has 52 valence electrons. The molecular formula is C5H6Cl3N. The standard InChI is InChI=1S/C5H6Cl3N/c6-5(7,8)3-1-2-4-9/h1-3H2. The number of alkyl halides is 3. The van der Waals surface area contributed by atoms with Crippen LogP contribution in [0.2, 0.25) is 0 Å². The van der Waals surface area contributed by atoms with Gasteiger partial charge in [0.05, 0.1) is 6.07 Å². The highest BCUT2D eigenvalue weighted by molar-refractivity contribution is 6.67. The molecule has 0 radical (unpaired) electrons. The van der Waals surface area contributed by atoms with Gasteiger partial charge in [-0.1, -0.05) is 34.8 Å². The second-order valence-corrected chi connectivity index (χ2v) is 4.14. The van der Waals surface area contributed by atoms with E-state index in [2.05, 4.69) is 0 Å². The molecule has 0 aliphatic heterocycles. The Labute approximate surface area is 69.5 Å². The van der Waals surface area contributed by atoms with Crippen molar-refractivity contribution in [3.8, 4) is 6.07 Å². The third-order valence-corrected chi connectivity index (χ3v) is 1.32. The molecule has 0 aromatic rings. The second kappa shape index (κ2) is 4.22. The second-order valence-electron chi connectivity index (χ2n) is 1.63. The number of nitrogens with zero attached hydrogens (tertiary/aromatic N) is 1. The summed E-state index contributed by atoms with van der Waals surface area (Å²) >= 11 is 16.2. The smallest absolute Gasteiger partial charge is 0.190 e. The summed E-state index contributed by atoms with van der Waals surface area (Å²) in [7, 11) is 0. The average Bonchev–Trinajstić information content (AvgIpc) is 1.63. The van der Waals surface area contributed by atoms with E-state index in [1.165, 1.54) is 0 Å². The molecule has 0 rings (SSSR count). The Morgan fingerprint density at radius 2 is 1.89 bits per heavy atom. The third kappa shape index (κ3) is 8.36. The summed E-state index contributed by atoms with van der Waals surface area (Å²) in [5.74, 6) is 0. The number of nitriles is 1. The molecule has 0 bridgehead atoms. The maximum atomic E-state index is 8.08. The number of halogens is 3. The summed E-state index contributed by atoms with van der Waals surface area (Å²) < 4.78 is -1.18. The molecule has 1 nitrogen and oxygen atoms in total. The largest absolute Gasteiger partial charge is 0.198 e. The first-order chi connectivity index (χ1) is 4.06. The van der Waals surface area contributed by atoms with Gasteiger partial charge in [0.1, 0.15) is 0 Å². The highest BCUT2D eigenvalue weighted by Crippen LogP contribution is 2.31. The van der Waals surface area contributed by atoms with Crippen molar-refractivity contribution < 1.29 is 0 Å². The van der Waals surface area contributed by atoms with Crippen molar-refractivity contribution in [3.05, 3.63) is 0 Å². The van der Waals surface area contributed by atoms with E-state index in [1.54, 1.807) is 0 Å². The van der Waals surface area contributed by atoms with E-state index >= 15 is 0 Å². The topological polar surface area (TPSA) is 23.8 Å². The van der Waals surface area contributed by atoms with Gasteiger partial charge in [0.2, 0.25) is 0 Å². The van der Waals surface area contributed by atoms with Gasteiger partial charge in [-0.3, -0.25) is 0 Å². The molecular weight excluding hydrogens is 180 g/mol. The van der Waals surface area contributed by atoms with Crippen molar-refractivity contribution in [2.45, 2.75) is 23.1 Å². The van der Waals surface area contributed by atoms with Crippen molar-refractivity contribution in [2.24, 2.45) is 0 Å². The molecule has 0 saturated carbocycles. The highest BCUT2D eigenvalue weighted by atomic mass is 35.6. The summed E-state index contributed by atoms with van der Waals surface area (Å²) in [6, 6.07) is 1.96. The Bertz CT molecular complexity index is 110. The Hall–Kier alpha value is 0.360. The zero-order valence-corrected chi connectivity index (χ0v) is 6.97. The van der Waals surface area contributed by atoms with Crippen molar-refractivity contribution in [2.75, 3.05) is 0 Å². The highest BCUT2D eigenvalue weighted by Gasteiger charge is 2.17. The molecule has 0 aliphatic carbocycles. The lowest BCUT2D eigenvalue weighted by Crippen LogP contribution is -2.00. The Morgan fingerprint density at radius 3 is 2.22 bits per heavy atom. The van der Waals surface area contributed by atoms with E-state index in [-0.39, 0.29) is 0 Å². The summed E-state index contributed by atoms with van der Waals surface area (Å²) in [6.07, 6.45) is 1.55. The van der Waals surface area contributed by atoms with Crippen LogP contribution in [0.1, 0.15) is 19.3 Å². The lowest BCUT2D eigenvalue weighted by molar-refractivity contribution is 0.773. The molecule has 0 saturated heterocycles. The Balaban J connectivity index is 3.20. The molecule has 0 atom stereocenters. The van der Waals surface area contributed by atoms with Crippen LogP contribution in [-0.2, 0) is 0 Å². The first-order valence-corrected chi connectivity index (χ1v) is 3.63. The van der Waals surface area contributed by atoms with Crippen LogP contribution in [-0.4, -0.2) is 3.79 Å². The minimum atomic E-state index is -1.18. The van der Waals surface area contributed by atoms with Crippen molar-refractivity contribution in [3.63, 3.8) is 0 Å². The first-order valence-electron chi connectivity index (χ1n) is 2.50.